The Labute approximate surface area is 145 Å². The maximum atomic E-state index is 12.9. The third-order valence-electron chi connectivity index (χ3n) is 3.63. The summed E-state index contributed by atoms with van der Waals surface area (Å²) >= 11 is 0. The number of ketones is 1. The molecule has 1 aromatic heterocycles. The van der Waals surface area contributed by atoms with Crippen molar-refractivity contribution in [3.8, 4) is 11.5 Å². The lowest BCUT2D eigenvalue weighted by atomic mass is 10.0. The zero-order valence-electron chi connectivity index (χ0n) is 13.5. The molecular formula is C20H17FN2O2. The Balaban J connectivity index is 1.58. The maximum absolute atomic E-state index is 12.9. The first-order valence-electron chi connectivity index (χ1n) is 7.83. The summed E-state index contributed by atoms with van der Waals surface area (Å²) in [6.07, 6.45) is 2.18. The average Bonchev–Trinajstić information content (AvgIpc) is 2.59. The topological polar surface area (TPSA) is 65.2 Å². The zero-order valence-corrected chi connectivity index (χ0v) is 13.5. The van der Waals surface area contributed by atoms with Crippen molar-refractivity contribution in [2.24, 2.45) is 0 Å². The van der Waals surface area contributed by atoms with Gasteiger partial charge in [0.25, 0.3) is 0 Å². The van der Waals surface area contributed by atoms with Crippen molar-refractivity contribution in [2.75, 3.05) is 5.73 Å². The molecule has 0 radical (unpaired) electrons. The second-order valence-corrected chi connectivity index (χ2v) is 5.68. The highest BCUT2D eigenvalue weighted by Crippen LogP contribution is 2.22. The lowest BCUT2D eigenvalue weighted by Gasteiger charge is -2.07. The number of anilines is 1. The predicted molar refractivity (Wildman–Crippen MR) is 94.0 cm³/mol. The van der Waals surface area contributed by atoms with E-state index in [1.165, 1.54) is 12.1 Å². The normalized spacial score (nSPS) is 10.4. The Morgan fingerprint density at radius 2 is 1.52 bits per heavy atom. The van der Waals surface area contributed by atoms with E-state index in [2.05, 4.69) is 4.98 Å². The number of nitrogen functional groups attached to an aromatic ring is 1. The molecule has 0 aliphatic heterocycles. The van der Waals surface area contributed by atoms with Crippen molar-refractivity contribution in [3.05, 3.63) is 83.8 Å². The van der Waals surface area contributed by atoms with Crippen LogP contribution in [0.2, 0.25) is 0 Å². The number of nitrogens with zero attached hydrogens (tertiary/aromatic N) is 1. The number of pyridine rings is 1. The number of carbonyl (C=O) groups excluding carboxylic acids is 1. The number of carbonyl (C=O) groups is 1. The van der Waals surface area contributed by atoms with Crippen LogP contribution in [0.4, 0.5) is 10.2 Å². The lowest BCUT2D eigenvalue weighted by Crippen LogP contribution is -2.06. The molecule has 0 atom stereocenters. The largest absolute Gasteiger partial charge is 0.457 e. The number of hydrogen-bond donors (Lipinski definition) is 1. The lowest BCUT2D eigenvalue weighted by molar-refractivity contribution is -0.117. The first kappa shape index (κ1) is 16.6. The van der Waals surface area contributed by atoms with Crippen molar-refractivity contribution in [1.82, 2.24) is 4.98 Å². The van der Waals surface area contributed by atoms with Crippen LogP contribution in [0.25, 0.3) is 0 Å². The van der Waals surface area contributed by atoms with Gasteiger partial charge >= 0.3 is 0 Å². The van der Waals surface area contributed by atoms with Gasteiger partial charge in [-0.25, -0.2) is 9.37 Å². The van der Waals surface area contributed by atoms with Crippen LogP contribution < -0.4 is 10.5 Å². The highest BCUT2D eigenvalue weighted by molar-refractivity contribution is 5.83. The van der Waals surface area contributed by atoms with Crippen molar-refractivity contribution >= 4 is 11.6 Å². The number of ether oxygens (including phenoxy) is 1. The Kier molecular flexibility index (Phi) is 5.04. The molecule has 5 heteroatoms. The second-order valence-electron chi connectivity index (χ2n) is 5.68. The predicted octanol–water partition coefficient (Wildman–Crippen LogP) is 3.95. The highest BCUT2D eigenvalue weighted by Gasteiger charge is 2.06. The zero-order chi connectivity index (χ0) is 17.6. The Hall–Kier alpha value is -3.21. The van der Waals surface area contributed by atoms with Gasteiger partial charge in [0.15, 0.2) is 0 Å². The molecule has 1 heterocycles. The monoisotopic (exact) mass is 336 g/mol. The quantitative estimate of drug-likeness (QED) is 0.740. The molecule has 0 aliphatic carbocycles. The molecule has 3 aromatic rings. The molecule has 0 saturated carbocycles. The molecule has 25 heavy (non-hydrogen) atoms. The van der Waals surface area contributed by atoms with Gasteiger partial charge < -0.3 is 10.5 Å². The number of Topliss-reactive ketones (excluding diaryl/α,β-unsaturated/α-hetero) is 1. The minimum Gasteiger partial charge on any atom is -0.457 e. The van der Waals surface area contributed by atoms with E-state index in [4.69, 9.17) is 10.5 Å². The second kappa shape index (κ2) is 7.57. The van der Waals surface area contributed by atoms with Gasteiger partial charge in [-0.1, -0.05) is 24.3 Å². The molecule has 0 amide bonds. The van der Waals surface area contributed by atoms with Crippen LogP contribution in [0, 0.1) is 5.82 Å². The number of benzene rings is 2. The van der Waals surface area contributed by atoms with Crippen LogP contribution in [0.15, 0.2) is 66.9 Å². The Morgan fingerprint density at radius 3 is 2.12 bits per heavy atom. The van der Waals surface area contributed by atoms with Gasteiger partial charge in [0.1, 0.15) is 28.9 Å². The van der Waals surface area contributed by atoms with Crippen molar-refractivity contribution in [3.63, 3.8) is 0 Å². The van der Waals surface area contributed by atoms with E-state index < -0.39 is 0 Å². The average molecular weight is 336 g/mol. The molecule has 0 unspecified atom stereocenters. The van der Waals surface area contributed by atoms with E-state index in [1.54, 1.807) is 42.6 Å². The van der Waals surface area contributed by atoms with Crippen LogP contribution in [0.1, 0.15) is 11.1 Å². The Morgan fingerprint density at radius 1 is 0.920 bits per heavy atom. The summed E-state index contributed by atoms with van der Waals surface area (Å²) in [4.78, 5) is 16.0. The minimum atomic E-state index is -0.303. The van der Waals surface area contributed by atoms with Gasteiger partial charge in [0.05, 0.1) is 0 Å². The van der Waals surface area contributed by atoms with E-state index in [9.17, 15) is 9.18 Å². The van der Waals surface area contributed by atoms with E-state index in [0.29, 0.717) is 23.7 Å². The van der Waals surface area contributed by atoms with Crippen molar-refractivity contribution < 1.29 is 13.9 Å². The van der Waals surface area contributed by atoms with Crippen LogP contribution in [0.5, 0.6) is 11.5 Å². The summed E-state index contributed by atoms with van der Waals surface area (Å²) in [5, 5.41) is 0. The van der Waals surface area contributed by atoms with Gasteiger partial charge in [0.2, 0.25) is 0 Å². The molecule has 2 aromatic carbocycles. The fourth-order valence-corrected chi connectivity index (χ4v) is 2.42. The molecule has 3 rings (SSSR count). The third-order valence-corrected chi connectivity index (χ3v) is 3.63. The molecular weight excluding hydrogens is 319 g/mol. The minimum absolute atomic E-state index is 0.0715. The van der Waals surface area contributed by atoms with E-state index >= 15 is 0 Å². The molecule has 126 valence electrons. The molecule has 4 nitrogen and oxygen atoms in total. The first-order chi connectivity index (χ1) is 12.1. The van der Waals surface area contributed by atoms with Gasteiger partial charge in [-0.2, -0.15) is 0 Å². The van der Waals surface area contributed by atoms with E-state index in [0.717, 1.165) is 11.1 Å². The van der Waals surface area contributed by atoms with E-state index in [-0.39, 0.29) is 18.0 Å². The number of nitrogens with two attached hydrogens (primary N) is 1. The summed E-state index contributed by atoms with van der Waals surface area (Å²) in [6, 6.07) is 16.6. The van der Waals surface area contributed by atoms with Crippen molar-refractivity contribution in [2.45, 2.75) is 12.8 Å². The molecule has 0 aliphatic rings. The smallest absolute Gasteiger partial charge is 0.141 e. The SMILES string of the molecule is Nc1cc(Oc2ccc(CC(=O)Cc3ccc(F)cc3)cc2)ccn1. The number of hydrogen-bond acceptors (Lipinski definition) is 4. The highest BCUT2D eigenvalue weighted by atomic mass is 19.1. The van der Waals surface area contributed by atoms with Crippen LogP contribution in [-0.2, 0) is 17.6 Å². The fraction of sp³-hybridized carbons (Fsp3) is 0.100. The Bertz CT molecular complexity index is 862. The number of aromatic nitrogens is 1. The van der Waals surface area contributed by atoms with Gasteiger partial charge in [-0.15, -0.1) is 0 Å². The summed E-state index contributed by atoms with van der Waals surface area (Å²) in [5.41, 5.74) is 7.32. The number of rotatable bonds is 6. The molecule has 0 bridgehead atoms. The van der Waals surface area contributed by atoms with Crippen LogP contribution >= 0.6 is 0 Å². The van der Waals surface area contributed by atoms with Gasteiger partial charge in [0, 0.05) is 25.1 Å². The van der Waals surface area contributed by atoms with Crippen LogP contribution in [0.3, 0.4) is 0 Å². The van der Waals surface area contributed by atoms with Gasteiger partial charge in [-0.05, 0) is 41.5 Å². The summed E-state index contributed by atoms with van der Waals surface area (Å²) < 4.78 is 18.6. The van der Waals surface area contributed by atoms with E-state index in [1.807, 2.05) is 12.1 Å². The molecule has 0 saturated heterocycles. The van der Waals surface area contributed by atoms with Crippen molar-refractivity contribution in [1.29, 1.82) is 0 Å². The summed E-state index contributed by atoms with van der Waals surface area (Å²) in [6.45, 7) is 0. The van der Waals surface area contributed by atoms with Crippen LogP contribution in [-0.4, -0.2) is 10.8 Å². The molecule has 0 fully saturated rings. The summed E-state index contributed by atoms with van der Waals surface area (Å²) in [5.74, 6) is 1.42. The fourth-order valence-electron chi connectivity index (χ4n) is 2.42. The third kappa shape index (κ3) is 4.88. The molecule has 2 N–H and O–H groups in total. The first-order valence-corrected chi connectivity index (χ1v) is 7.83. The maximum Gasteiger partial charge on any atom is 0.141 e. The molecule has 0 spiro atoms. The van der Waals surface area contributed by atoms with Gasteiger partial charge in [-0.3, -0.25) is 4.79 Å². The standard InChI is InChI=1S/C20H17FN2O2/c21-16-5-1-14(2-6-16)11-17(24)12-15-3-7-18(8-4-15)25-19-9-10-23-20(22)13-19/h1-10,13H,11-12H2,(H2,22,23). The summed E-state index contributed by atoms with van der Waals surface area (Å²) in [7, 11) is 0. The number of halogens is 1.